The van der Waals surface area contributed by atoms with E-state index in [4.69, 9.17) is 4.74 Å². The van der Waals surface area contributed by atoms with E-state index in [1.54, 1.807) is 0 Å². The number of aliphatic hydroxyl groups is 1. The molecule has 0 radical (unpaired) electrons. The van der Waals surface area contributed by atoms with Crippen LogP contribution in [0.1, 0.15) is 52.4 Å². The van der Waals surface area contributed by atoms with Crippen molar-refractivity contribution < 1.29 is 14.6 Å². The molecule has 1 fully saturated rings. The smallest absolute Gasteiger partial charge is 0.249 e. The summed E-state index contributed by atoms with van der Waals surface area (Å²) >= 11 is 0. The summed E-state index contributed by atoms with van der Waals surface area (Å²) in [5, 5.41) is 12.8. The van der Waals surface area contributed by atoms with Crippen molar-refractivity contribution in [3.05, 3.63) is 0 Å². The minimum absolute atomic E-state index is 0.167. The van der Waals surface area contributed by atoms with Gasteiger partial charge in [-0.25, -0.2) is 4.99 Å². The molecule has 0 aromatic heterocycles. The van der Waals surface area contributed by atoms with Gasteiger partial charge in [0.25, 0.3) is 0 Å². The average Bonchev–Trinajstić information content (AvgIpc) is 2.76. The van der Waals surface area contributed by atoms with Crippen LogP contribution in [0.3, 0.4) is 0 Å². The summed E-state index contributed by atoms with van der Waals surface area (Å²) in [6.07, 6.45) is 5.28. The minimum Gasteiger partial charge on any atom is -0.478 e. The van der Waals surface area contributed by atoms with E-state index >= 15 is 0 Å². The van der Waals surface area contributed by atoms with Gasteiger partial charge < -0.3 is 15.2 Å². The van der Waals surface area contributed by atoms with E-state index in [0.29, 0.717) is 25.0 Å². The van der Waals surface area contributed by atoms with E-state index in [1.165, 1.54) is 32.1 Å². The van der Waals surface area contributed by atoms with Gasteiger partial charge in [0.1, 0.15) is 12.7 Å². The van der Waals surface area contributed by atoms with Crippen molar-refractivity contribution in [2.75, 3.05) is 13.2 Å². The van der Waals surface area contributed by atoms with Gasteiger partial charge in [-0.2, -0.15) is 0 Å². The molecule has 1 heterocycles. The lowest BCUT2D eigenvalue weighted by atomic mass is 9.89. The predicted octanol–water partition coefficient (Wildman–Crippen LogP) is 1.64. The molecule has 0 bridgehead atoms. The maximum atomic E-state index is 11.9. The van der Waals surface area contributed by atoms with Gasteiger partial charge in [-0.05, 0) is 32.6 Å². The summed E-state index contributed by atoms with van der Waals surface area (Å²) < 4.78 is 5.39. The summed E-state index contributed by atoms with van der Waals surface area (Å²) in [5.41, 5.74) is -0.242. The molecule has 20 heavy (non-hydrogen) atoms. The van der Waals surface area contributed by atoms with E-state index in [9.17, 15) is 9.90 Å². The van der Waals surface area contributed by atoms with Gasteiger partial charge in [0.2, 0.25) is 5.91 Å². The van der Waals surface area contributed by atoms with Crippen molar-refractivity contribution in [1.29, 1.82) is 0 Å². The average molecular weight is 282 g/mol. The highest BCUT2D eigenvalue weighted by molar-refractivity contribution is 5.88. The molecule has 0 saturated heterocycles. The van der Waals surface area contributed by atoms with Gasteiger partial charge >= 0.3 is 0 Å². The third kappa shape index (κ3) is 4.47. The molecule has 1 amide bonds. The first kappa shape index (κ1) is 15.3. The van der Waals surface area contributed by atoms with Crippen LogP contribution in [-0.2, 0) is 9.53 Å². The van der Waals surface area contributed by atoms with Gasteiger partial charge in [-0.3, -0.25) is 4.79 Å². The van der Waals surface area contributed by atoms with Gasteiger partial charge in [0.05, 0.1) is 12.0 Å². The lowest BCUT2D eigenvalue weighted by Crippen LogP contribution is -2.38. The minimum atomic E-state index is -1.06. The number of hydrogen-bond acceptors (Lipinski definition) is 4. The number of carbonyl (C=O) groups excluding carboxylic acids is 1. The number of rotatable bonds is 5. The summed E-state index contributed by atoms with van der Waals surface area (Å²) in [5.74, 6) is 0.737. The maximum absolute atomic E-state index is 11.9. The third-order valence-corrected chi connectivity index (χ3v) is 3.98. The van der Waals surface area contributed by atoms with Crippen LogP contribution in [0.5, 0.6) is 0 Å². The van der Waals surface area contributed by atoms with E-state index in [2.05, 4.69) is 10.3 Å². The molecule has 1 aliphatic heterocycles. The number of nitrogens with one attached hydrogen (secondary N) is 1. The SMILES string of the molecule is CC1(C)COC(C[C@H](O)C(=O)NCC2CCCCC2)=N1. The fourth-order valence-corrected chi connectivity index (χ4v) is 2.78. The number of amides is 1. The van der Waals surface area contributed by atoms with E-state index in [1.807, 2.05) is 13.8 Å². The van der Waals surface area contributed by atoms with Crippen LogP contribution in [-0.4, -0.2) is 41.7 Å². The normalized spacial score (nSPS) is 23.9. The first-order valence-electron chi connectivity index (χ1n) is 7.63. The molecule has 5 nitrogen and oxygen atoms in total. The highest BCUT2D eigenvalue weighted by Gasteiger charge is 2.29. The predicted molar refractivity (Wildman–Crippen MR) is 77.7 cm³/mol. The molecule has 2 N–H and O–H groups in total. The number of hydrogen-bond donors (Lipinski definition) is 2. The van der Waals surface area contributed by atoms with Crippen LogP contribution in [0.25, 0.3) is 0 Å². The Morgan fingerprint density at radius 2 is 2.15 bits per heavy atom. The van der Waals surface area contributed by atoms with E-state index in [0.717, 1.165) is 0 Å². The maximum Gasteiger partial charge on any atom is 0.249 e. The second kappa shape index (κ2) is 6.57. The van der Waals surface area contributed by atoms with Gasteiger partial charge in [-0.1, -0.05) is 19.3 Å². The Labute approximate surface area is 120 Å². The summed E-state index contributed by atoms with van der Waals surface area (Å²) in [7, 11) is 0. The Balaban J connectivity index is 1.72. The summed E-state index contributed by atoms with van der Waals surface area (Å²) in [4.78, 5) is 16.2. The standard InChI is InChI=1S/C15H26N2O3/c1-15(2)10-20-13(17-15)8-12(18)14(19)16-9-11-6-4-3-5-7-11/h11-12,18H,3-10H2,1-2H3,(H,16,19)/t12-/m0/s1. The van der Waals surface area contributed by atoms with Gasteiger partial charge in [-0.15, -0.1) is 0 Å². The van der Waals surface area contributed by atoms with Crippen molar-refractivity contribution >= 4 is 11.8 Å². The molecule has 5 heteroatoms. The number of carbonyl (C=O) groups is 1. The van der Waals surface area contributed by atoms with Gasteiger partial charge in [0.15, 0.2) is 5.90 Å². The molecular weight excluding hydrogens is 256 g/mol. The largest absolute Gasteiger partial charge is 0.478 e. The fourth-order valence-electron chi connectivity index (χ4n) is 2.78. The molecular formula is C15H26N2O3. The molecule has 0 aromatic carbocycles. The van der Waals surface area contributed by atoms with Crippen molar-refractivity contribution in [2.24, 2.45) is 10.9 Å². The lowest BCUT2D eigenvalue weighted by Gasteiger charge is -2.22. The molecule has 1 aliphatic carbocycles. The van der Waals surface area contributed by atoms with E-state index < -0.39 is 6.10 Å². The quantitative estimate of drug-likeness (QED) is 0.805. The van der Waals surface area contributed by atoms with Crippen LogP contribution in [0.2, 0.25) is 0 Å². The summed E-state index contributed by atoms with van der Waals surface area (Å²) in [6, 6.07) is 0. The molecule has 2 rings (SSSR count). The topological polar surface area (TPSA) is 70.9 Å². The van der Waals surface area contributed by atoms with Crippen LogP contribution < -0.4 is 5.32 Å². The number of ether oxygens (including phenoxy) is 1. The summed E-state index contributed by atoms with van der Waals surface area (Å²) in [6.45, 7) is 5.12. The van der Waals surface area contributed by atoms with E-state index in [-0.39, 0.29) is 17.9 Å². The Bertz CT molecular complexity index is 373. The molecule has 2 aliphatic rings. The van der Waals surface area contributed by atoms with Crippen LogP contribution >= 0.6 is 0 Å². The molecule has 114 valence electrons. The highest BCUT2D eigenvalue weighted by atomic mass is 16.5. The van der Waals surface area contributed by atoms with Crippen molar-refractivity contribution in [1.82, 2.24) is 5.32 Å². The van der Waals surface area contributed by atoms with Crippen molar-refractivity contribution in [3.8, 4) is 0 Å². The molecule has 1 saturated carbocycles. The first-order chi connectivity index (χ1) is 9.46. The zero-order valence-corrected chi connectivity index (χ0v) is 12.5. The molecule has 0 unspecified atom stereocenters. The van der Waals surface area contributed by atoms with Crippen LogP contribution in [0.4, 0.5) is 0 Å². The monoisotopic (exact) mass is 282 g/mol. The number of aliphatic imine (C=N–C) groups is 1. The Hall–Kier alpha value is -1.10. The number of nitrogens with zero attached hydrogens (tertiary/aromatic N) is 1. The van der Waals surface area contributed by atoms with Crippen molar-refractivity contribution in [2.45, 2.75) is 64.0 Å². The second-order valence-corrected chi connectivity index (χ2v) is 6.58. The molecule has 0 spiro atoms. The second-order valence-electron chi connectivity index (χ2n) is 6.58. The van der Waals surface area contributed by atoms with Crippen molar-refractivity contribution in [3.63, 3.8) is 0 Å². The van der Waals surface area contributed by atoms with Crippen LogP contribution in [0, 0.1) is 5.92 Å². The Morgan fingerprint density at radius 3 is 2.75 bits per heavy atom. The first-order valence-corrected chi connectivity index (χ1v) is 7.63. The zero-order valence-electron chi connectivity index (χ0n) is 12.5. The highest BCUT2D eigenvalue weighted by Crippen LogP contribution is 2.23. The van der Waals surface area contributed by atoms with Crippen LogP contribution in [0.15, 0.2) is 4.99 Å². The number of aliphatic hydroxyl groups excluding tert-OH is 1. The van der Waals surface area contributed by atoms with Gasteiger partial charge in [0, 0.05) is 6.54 Å². The lowest BCUT2D eigenvalue weighted by molar-refractivity contribution is -0.129. The Morgan fingerprint density at radius 1 is 1.45 bits per heavy atom. The fraction of sp³-hybridized carbons (Fsp3) is 0.867. The molecule has 0 aromatic rings. The molecule has 1 atom stereocenters. The third-order valence-electron chi connectivity index (χ3n) is 3.98. The Kier molecular flexibility index (Phi) is 5.02. The zero-order chi connectivity index (χ0) is 14.6.